The second-order valence-corrected chi connectivity index (χ2v) is 6.59. The van der Waals surface area contributed by atoms with Gasteiger partial charge in [-0.25, -0.2) is 9.59 Å². The smallest absolute Gasteiger partial charge is 0.357 e. The fraction of sp³-hybridized carbons (Fsp3) is 0.0870. The predicted octanol–water partition coefficient (Wildman–Crippen LogP) is 3.46. The van der Waals surface area contributed by atoms with Gasteiger partial charge in [0.05, 0.1) is 18.9 Å². The molecule has 2 heterocycles. The van der Waals surface area contributed by atoms with Crippen LogP contribution in [0.2, 0.25) is 0 Å². The van der Waals surface area contributed by atoms with Crippen molar-refractivity contribution >= 4 is 23.7 Å². The summed E-state index contributed by atoms with van der Waals surface area (Å²) in [6.07, 6.45) is 3.00. The van der Waals surface area contributed by atoms with Crippen LogP contribution in [0.15, 0.2) is 77.4 Å². The third-order valence-corrected chi connectivity index (χ3v) is 4.51. The Kier molecular flexibility index (Phi) is 6.17. The molecule has 0 N–H and O–H groups in total. The molecule has 2 aromatic carbocycles. The van der Waals surface area contributed by atoms with E-state index in [2.05, 4.69) is 20.3 Å². The van der Waals surface area contributed by atoms with Crippen LogP contribution in [0.3, 0.4) is 0 Å². The third-order valence-electron chi connectivity index (χ3n) is 4.51. The van der Waals surface area contributed by atoms with Gasteiger partial charge in [0.25, 0.3) is 0 Å². The van der Waals surface area contributed by atoms with Crippen LogP contribution in [0.25, 0.3) is 23.2 Å². The fourth-order valence-electron chi connectivity index (χ4n) is 2.91. The van der Waals surface area contributed by atoms with E-state index in [9.17, 15) is 9.59 Å². The summed E-state index contributed by atoms with van der Waals surface area (Å²) in [5.74, 6) is -0.274. The Morgan fingerprint density at radius 3 is 2.50 bits per heavy atom. The molecule has 0 amide bonds. The molecule has 0 aliphatic carbocycles. The van der Waals surface area contributed by atoms with Crippen molar-refractivity contribution in [1.29, 1.82) is 0 Å². The van der Waals surface area contributed by atoms with Crippen LogP contribution in [0.5, 0.6) is 0 Å². The lowest BCUT2D eigenvalue weighted by atomic mass is 10.1. The first kappa shape index (κ1) is 20.7. The Bertz CT molecular complexity index is 1230. The van der Waals surface area contributed by atoms with Gasteiger partial charge in [0.2, 0.25) is 0 Å². The van der Waals surface area contributed by atoms with Crippen molar-refractivity contribution in [2.24, 2.45) is 0 Å². The standard InChI is InChI=1S/C23H18N4O5/c1-30-22(28)18-11-9-16(10-12-18)15-32-23(29)20(14-19-8-5-13-31-19)27-21(24-25-26-27)17-6-3-2-4-7-17/h2-14H,15H2,1H3/b20-14-. The van der Waals surface area contributed by atoms with Crippen LogP contribution in [-0.2, 0) is 20.9 Å². The van der Waals surface area contributed by atoms with Crippen molar-refractivity contribution in [3.8, 4) is 11.4 Å². The minimum atomic E-state index is -0.650. The lowest BCUT2D eigenvalue weighted by Crippen LogP contribution is -2.15. The maximum absolute atomic E-state index is 13.0. The average molecular weight is 430 g/mol. The summed E-state index contributed by atoms with van der Waals surface area (Å²) in [7, 11) is 1.31. The SMILES string of the molecule is COC(=O)c1ccc(COC(=O)/C(=C/c2ccco2)n2nnnc2-c2ccccc2)cc1. The van der Waals surface area contributed by atoms with Crippen LogP contribution < -0.4 is 0 Å². The van der Waals surface area contributed by atoms with Gasteiger partial charge in [0, 0.05) is 11.6 Å². The van der Waals surface area contributed by atoms with Crippen molar-refractivity contribution in [2.45, 2.75) is 6.61 Å². The molecule has 0 bridgehead atoms. The van der Waals surface area contributed by atoms with E-state index < -0.39 is 11.9 Å². The average Bonchev–Trinajstić information content (AvgIpc) is 3.53. The molecule has 0 saturated carbocycles. The number of methoxy groups -OCH3 is 1. The Hall–Kier alpha value is -4.53. The number of hydrogen-bond acceptors (Lipinski definition) is 8. The molecule has 0 atom stereocenters. The minimum absolute atomic E-state index is 0.0153. The minimum Gasteiger partial charge on any atom is -0.465 e. The first-order valence-corrected chi connectivity index (χ1v) is 9.59. The number of aromatic nitrogens is 4. The summed E-state index contributed by atoms with van der Waals surface area (Å²) in [5.41, 5.74) is 1.91. The summed E-state index contributed by atoms with van der Waals surface area (Å²) < 4.78 is 16.8. The quantitative estimate of drug-likeness (QED) is 0.324. The zero-order chi connectivity index (χ0) is 22.3. The molecule has 0 unspecified atom stereocenters. The highest BCUT2D eigenvalue weighted by molar-refractivity contribution is 6.15. The van der Waals surface area contributed by atoms with Gasteiger partial charge in [-0.1, -0.05) is 42.5 Å². The summed E-state index contributed by atoms with van der Waals surface area (Å²) >= 11 is 0. The number of tetrazole rings is 1. The number of hydrogen-bond donors (Lipinski definition) is 0. The van der Waals surface area contributed by atoms with Gasteiger partial charge in [-0.2, -0.15) is 4.68 Å². The second kappa shape index (κ2) is 9.52. The lowest BCUT2D eigenvalue weighted by Gasteiger charge is -2.10. The Morgan fingerprint density at radius 2 is 1.81 bits per heavy atom. The molecule has 4 rings (SSSR count). The largest absolute Gasteiger partial charge is 0.465 e. The van der Waals surface area contributed by atoms with Crippen molar-refractivity contribution in [3.63, 3.8) is 0 Å². The molecule has 160 valence electrons. The van der Waals surface area contributed by atoms with E-state index in [-0.39, 0.29) is 12.3 Å². The van der Waals surface area contributed by atoms with Gasteiger partial charge in [0.1, 0.15) is 12.4 Å². The van der Waals surface area contributed by atoms with E-state index in [1.807, 2.05) is 30.3 Å². The Balaban J connectivity index is 1.59. The maximum Gasteiger partial charge on any atom is 0.357 e. The van der Waals surface area contributed by atoms with Gasteiger partial charge < -0.3 is 13.9 Å². The molecule has 9 nitrogen and oxygen atoms in total. The van der Waals surface area contributed by atoms with Crippen LogP contribution in [0.4, 0.5) is 0 Å². The van der Waals surface area contributed by atoms with E-state index in [0.29, 0.717) is 22.7 Å². The molecule has 0 radical (unpaired) electrons. The first-order valence-electron chi connectivity index (χ1n) is 9.59. The number of rotatable bonds is 7. The molecule has 0 aliphatic heterocycles. The third kappa shape index (κ3) is 4.62. The monoisotopic (exact) mass is 430 g/mol. The van der Waals surface area contributed by atoms with E-state index in [1.54, 1.807) is 36.4 Å². The Morgan fingerprint density at radius 1 is 1.03 bits per heavy atom. The summed E-state index contributed by atoms with van der Waals surface area (Å²) in [6, 6.07) is 19.2. The van der Waals surface area contributed by atoms with E-state index >= 15 is 0 Å². The van der Waals surface area contributed by atoms with Gasteiger partial charge in [-0.15, -0.1) is 5.10 Å². The molecule has 32 heavy (non-hydrogen) atoms. The number of nitrogens with zero attached hydrogens (tertiary/aromatic N) is 4. The number of esters is 2. The summed E-state index contributed by atoms with van der Waals surface area (Å²) in [6.45, 7) is -0.0153. The van der Waals surface area contributed by atoms with Gasteiger partial charge in [0.15, 0.2) is 11.5 Å². The fourth-order valence-corrected chi connectivity index (χ4v) is 2.91. The van der Waals surface area contributed by atoms with Crippen LogP contribution in [0, 0.1) is 0 Å². The van der Waals surface area contributed by atoms with Crippen molar-refractivity contribution in [1.82, 2.24) is 20.2 Å². The van der Waals surface area contributed by atoms with E-state index in [1.165, 1.54) is 24.1 Å². The molecule has 0 fully saturated rings. The Labute approximate surface area is 182 Å². The zero-order valence-electron chi connectivity index (χ0n) is 17.0. The normalized spacial score (nSPS) is 11.2. The highest BCUT2D eigenvalue weighted by atomic mass is 16.5. The number of furan rings is 1. The lowest BCUT2D eigenvalue weighted by molar-refractivity contribution is -0.138. The number of ether oxygens (including phenoxy) is 2. The number of carbonyl (C=O) groups is 2. The molecule has 0 aliphatic rings. The van der Waals surface area contributed by atoms with E-state index in [0.717, 1.165) is 5.56 Å². The highest BCUT2D eigenvalue weighted by Crippen LogP contribution is 2.21. The van der Waals surface area contributed by atoms with Crippen LogP contribution >= 0.6 is 0 Å². The van der Waals surface area contributed by atoms with Crippen LogP contribution in [-0.4, -0.2) is 39.3 Å². The maximum atomic E-state index is 13.0. The number of benzene rings is 2. The van der Waals surface area contributed by atoms with Crippen LogP contribution in [0.1, 0.15) is 21.7 Å². The summed E-state index contributed by atoms with van der Waals surface area (Å²) in [5, 5.41) is 11.8. The number of carbonyl (C=O) groups excluding carboxylic acids is 2. The molecule has 4 aromatic rings. The topological polar surface area (TPSA) is 109 Å². The second-order valence-electron chi connectivity index (χ2n) is 6.59. The van der Waals surface area contributed by atoms with Crippen molar-refractivity contribution in [3.05, 3.63) is 89.9 Å². The van der Waals surface area contributed by atoms with Gasteiger partial charge in [-0.05, 0) is 40.3 Å². The van der Waals surface area contributed by atoms with Gasteiger partial charge in [-0.3, -0.25) is 0 Å². The molecule has 0 saturated heterocycles. The molecule has 0 spiro atoms. The van der Waals surface area contributed by atoms with Crippen molar-refractivity contribution in [2.75, 3.05) is 7.11 Å². The molecular weight excluding hydrogens is 412 g/mol. The van der Waals surface area contributed by atoms with Crippen molar-refractivity contribution < 1.29 is 23.5 Å². The van der Waals surface area contributed by atoms with Gasteiger partial charge >= 0.3 is 11.9 Å². The summed E-state index contributed by atoms with van der Waals surface area (Å²) in [4.78, 5) is 24.6. The first-order chi connectivity index (χ1) is 15.7. The zero-order valence-corrected chi connectivity index (χ0v) is 17.0. The van der Waals surface area contributed by atoms with E-state index in [4.69, 9.17) is 9.15 Å². The molecule has 9 heteroatoms. The predicted molar refractivity (Wildman–Crippen MR) is 114 cm³/mol. The molecular formula is C23H18N4O5. The molecule has 2 aromatic heterocycles. The highest BCUT2D eigenvalue weighted by Gasteiger charge is 2.21.